The van der Waals surface area contributed by atoms with E-state index in [1.807, 2.05) is 0 Å². The van der Waals surface area contributed by atoms with Crippen LogP contribution in [0.2, 0.25) is 0 Å². The maximum atomic E-state index is 12.1. The van der Waals surface area contributed by atoms with Crippen molar-refractivity contribution in [1.29, 1.82) is 0 Å². The second-order valence-corrected chi connectivity index (χ2v) is 5.34. The average Bonchev–Trinajstić information content (AvgIpc) is 2.31. The van der Waals surface area contributed by atoms with Crippen LogP contribution in [0.1, 0.15) is 36.5 Å². The van der Waals surface area contributed by atoms with E-state index in [-0.39, 0.29) is 11.7 Å². The lowest BCUT2D eigenvalue weighted by Gasteiger charge is -2.17. The summed E-state index contributed by atoms with van der Waals surface area (Å²) >= 11 is 2.13. The van der Waals surface area contributed by atoms with Gasteiger partial charge in [0, 0.05) is 17.2 Å². The van der Waals surface area contributed by atoms with E-state index in [0.29, 0.717) is 5.56 Å². The molecule has 1 N–H and O–H groups in total. The highest BCUT2D eigenvalue weighted by atomic mass is 127. The molecule has 0 spiro atoms. The van der Waals surface area contributed by atoms with Crippen LogP contribution in [0.15, 0.2) is 18.2 Å². The lowest BCUT2D eigenvalue weighted by molar-refractivity contribution is 0.0789. The van der Waals surface area contributed by atoms with Gasteiger partial charge in [-0.1, -0.05) is 19.8 Å². The molecule has 0 aliphatic rings. The molecule has 94 valence electrons. The Balaban J connectivity index is 2.71. The number of amides is 1. The van der Waals surface area contributed by atoms with Crippen LogP contribution >= 0.6 is 22.6 Å². The highest BCUT2D eigenvalue weighted by molar-refractivity contribution is 14.1. The fourth-order valence-corrected chi connectivity index (χ4v) is 2.08. The molecule has 1 aromatic rings. The van der Waals surface area contributed by atoms with Crippen molar-refractivity contribution in [2.75, 3.05) is 13.6 Å². The minimum absolute atomic E-state index is 0.0535. The van der Waals surface area contributed by atoms with Crippen LogP contribution in [0.3, 0.4) is 0 Å². The number of halogens is 1. The van der Waals surface area contributed by atoms with Crippen molar-refractivity contribution in [2.45, 2.75) is 26.2 Å². The number of benzene rings is 1. The van der Waals surface area contributed by atoms with E-state index >= 15 is 0 Å². The minimum Gasteiger partial charge on any atom is -0.507 e. The first-order valence-corrected chi connectivity index (χ1v) is 6.88. The van der Waals surface area contributed by atoms with Gasteiger partial charge >= 0.3 is 0 Å². The van der Waals surface area contributed by atoms with E-state index in [0.717, 1.165) is 29.4 Å². The highest BCUT2D eigenvalue weighted by Crippen LogP contribution is 2.21. The molecule has 17 heavy (non-hydrogen) atoms. The van der Waals surface area contributed by atoms with E-state index in [1.165, 1.54) is 0 Å². The first-order valence-electron chi connectivity index (χ1n) is 5.80. The highest BCUT2D eigenvalue weighted by Gasteiger charge is 2.15. The van der Waals surface area contributed by atoms with E-state index < -0.39 is 0 Å². The van der Waals surface area contributed by atoms with Crippen molar-refractivity contribution in [3.63, 3.8) is 0 Å². The van der Waals surface area contributed by atoms with Crippen LogP contribution in [0.5, 0.6) is 5.75 Å². The molecule has 0 unspecified atom stereocenters. The van der Waals surface area contributed by atoms with E-state index in [9.17, 15) is 9.90 Å². The van der Waals surface area contributed by atoms with Crippen molar-refractivity contribution in [3.05, 3.63) is 27.3 Å². The summed E-state index contributed by atoms with van der Waals surface area (Å²) in [7, 11) is 1.78. The first-order chi connectivity index (χ1) is 8.06. The van der Waals surface area contributed by atoms with Crippen LogP contribution in [-0.4, -0.2) is 29.5 Å². The van der Waals surface area contributed by atoms with Crippen molar-refractivity contribution < 1.29 is 9.90 Å². The minimum atomic E-state index is -0.114. The number of carbonyl (C=O) groups excluding carboxylic acids is 1. The predicted octanol–water partition coefficient (Wildman–Crippen LogP) is 3.26. The molecule has 0 bridgehead atoms. The number of aromatic hydroxyl groups is 1. The molecule has 3 nitrogen and oxygen atoms in total. The van der Waals surface area contributed by atoms with Crippen molar-refractivity contribution >= 4 is 28.5 Å². The summed E-state index contributed by atoms with van der Waals surface area (Å²) in [5, 5.41) is 9.68. The third-order valence-electron chi connectivity index (χ3n) is 2.63. The molecular weight excluding hydrogens is 329 g/mol. The number of hydrogen-bond donors (Lipinski definition) is 1. The molecule has 0 saturated carbocycles. The van der Waals surface area contributed by atoms with Crippen LogP contribution in [-0.2, 0) is 0 Å². The Morgan fingerprint density at radius 3 is 2.76 bits per heavy atom. The van der Waals surface area contributed by atoms with E-state index in [2.05, 4.69) is 29.5 Å². The number of phenols is 1. The maximum Gasteiger partial charge on any atom is 0.257 e. The second-order valence-electron chi connectivity index (χ2n) is 4.10. The average molecular weight is 347 g/mol. The lowest BCUT2D eigenvalue weighted by Crippen LogP contribution is -2.27. The largest absolute Gasteiger partial charge is 0.507 e. The van der Waals surface area contributed by atoms with Crippen molar-refractivity contribution in [2.24, 2.45) is 0 Å². The van der Waals surface area contributed by atoms with Gasteiger partial charge in [0.2, 0.25) is 0 Å². The van der Waals surface area contributed by atoms with Crippen molar-refractivity contribution in [1.82, 2.24) is 4.90 Å². The van der Waals surface area contributed by atoms with Gasteiger partial charge in [-0.2, -0.15) is 0 Å². The Hall–Kier alpha value is -0.780. The zero-order chi connectivity index (χ0) is 12.8. The number of carbonyl (C=O) groups is 1. The zero-order valence-corrected chi connectivity index (χ0v) is 12.4. The summed E-state index contributed by atoms with van der Waals surface area (Å²) in [4.78, 5) is 13.7. The van der Waals surface area contributed by atoms with Crippen LogP contribution in [0.25, 0.3) is 0 Å². The van der Waals surface area contributed by atoms with Gasteiger partial charge < -0.3 is 10.0 Å². The maximum absolute atomic E-state index is 12.1. The van der Waals surface area contributed by atoms with Crippen LogP contribution < -0.4 is 0 Å². The summed E-state index contributed by atoms with van der Waals surface area (Å²) in [6.45, 7) is 2.87. The number of rotatable bonds is 5. The molecule has 0 aromatic heterocycles. The smallest absolute Gasteiger partial charge is 0.257 e. The topological polar surface area (TPSA) is 40.5 Å². The van der Waals surface area contributed by atoms with Gasteiger partial charge in [0.25, 0.3) is 5.91 Å². The van der Waals surface area contributed by atoms with Gasteiger partial charge in [-0.25, -0.2) is 0 Å². The fourth-order valence-electron chi connectivity index (χ4n) is 1.59. The summed E-state index contributed by atoms with van der Waals surface area (Å²) in [6, 6.07) is 5.06. The van der Waals surface area contributed by atoms with Gasteiger partial charge in [-0.3, -0.25) is 4.79 Å². The summed E-state index contributed by atoms with van der Waals surface area (Å²) < 4.78 is 0.950. The predicted molar refractivity (Wildman–Crippen MR) is 77.3 cm³/mol. The fraction of sp³-hybridized carbons (Fsp3) is 0.462. The Bertz CT molecular complexity index is 393. The van der Waals surface area contributed by atoms with Gasteiger partial charge in [-0.15, -0.1) is 0 Å². The quantitative estimate of drug-likeness (QED) is 0.656. The number of unbranched alkanes of at least 4 members (excludes halogenated alkanes) is 2. The third-order valence-corrected chi connectivity index (χ3v) is 3.30. The van der Waals surface area contributed by atoms with Gasteiger partial charge in [0.1, 0.15) is 5.75 Å². The monoisotopic (exact) mass is 347 g/mol. The van der Waals surface area contributed by atoms with Crippen LogP contribution in [0.4, 0.5) is 0 Å². The van der Waals surface area contributed by atoms with E-state index in [1.54, 1.807) is 30.1 Å². The SMILES string of the molecule is CCCCCN(C)C(=O)c1cc(I)ccc1O. The number of hydrogen-bond acceptors (Lipinski definition) is 2. The molecular formula is C13H18INO2. The molecule has 4 heteroatoms. The van der Waals surface area contributed by atoms with E-state index in [4.69, 9.17) is 0 Å². The summed E-state index contributed by atoms with van der Waals surface area (Å²) in [5.74, 6) is -0.0603. The van der Waals surface area contributed by atoms with Crippen molar-refractivity contribution in [3.8, 4) is 5.75 Å². The van der Waals surface area contributed by atoms with Crippen LogP contribution in [0, 0.1) is 3.57 Å². The molecule has 1 amide bonds. The first kappa shape index (κ1) is 14.3. The Kier molecular flexibility index (Phi) is 5.74. The molecule has 0 aliphatic carbocycles. The molecule has 1 rings (SSSR count). The Morgan fingerprint density at radius 1 is 1.41 bits per heavy atom. The number of phenolic OH excluding ortho intramolecular Hbond substituents is 1. The third kappa shape index (κ3) is 4.18. The molecule has 0 atom stereocenters. The molecule has 0 aliphatic heterocycles. The van der Waals surface area contributed by atoms with Gasteiger partial charge in [0.05, 0.1) is 5.56 Å². The van der Waals surface area contributed by atoms with Gasteiger partial charge in [-0.05, 0) is 47.2 Å². The molecule has 0 fully saturated rings. The standard InChI is InChI=1S/C13H18INO2/c1-3-4-5-8-15(2)13(17)11-9-10(14)6-7-12(11)16/h6-7,9,16H,3-5,8H2,1-2H3. The zero-order valence-electron chi connectivity index (χ0n) is 10.2. The van der Waals surface area contributed by atoms with Gasteiger partial charge in [0.15, 0.2) is 0 Å². The Labute approximate surface area is 116 Å². The lowest BCUT2D eigenvalue weighted by atomic mass is 10.1. The number of nitrogens with zero attached hydrogens (tertiary/aromatic N) is 1. The molecule has 0 saturated heterocycles. The second kappa shape index (κ2) is 6.83. The summed E-state index contributed by atoms with van der Waals surface area (Å²) in [5.41, 5.74) is 0.385. The molecule has 0 radical (unpaired) electrons. The summed E-state index contributed by atoms with van der Waals surface area (Å²) in [6.07, 6.45) is 3.26. The molecule has 1 aromatic carbocycles. The molecule has 0 heterocycles. The normalized spacial score (nSPS) is 10.3. The Morgan fingerprint density at radius 2 is 2.12 bits per heavy atom.